The molecule has 0 bridgehead atoms. The number of hydrogen-bond donors (Lipinski definition) is 1. The predicted molar refractivity (Wildman–Crippen MR) is 98.9 cm³/mol. The molecule has 1 N–H and O–H groups in total. The summed E-state index contributed by atoms with van der Waals surface area (Å²) in [6, 6.07) is 7.16. The number of H-pyrrole nitrogens is 1. The van der Waals surface area contributed by atoms with Crippen LogP contribution in [0.15, 0.2) is 18.2 Å². The lowest BCUT2D eigenvalue weighted by molar-refractivity contribution is 0.309. The van der Waals surface area contributed by atoms with Gasteiger partial charge in [-0.15, -0.1) is 0 Å². The minimum atomic E-state index is 0.688. The number of fused-ring (bicyclic) bond motifs is 1. The van der Waals surface area contributed by atoms with Crippen molar-refractivity contribution < 1.29 is 4.74 Å². The third-order valence-corrected chi connectivity index (χ3v) is 6.76. The minimum absolute atomic E-state index is 0.688. The van der Waals surface area contributed by atoms with Crippen molar-refractivity contribution in [2.75, 3.05) is 32.2 Å². The fraction of sp³-hybridized carbons (Fsp3) is 0.579. The summed E-state index contributed by atoms with van der Waals surface area (Å²) in [6.07, 6.45) is 5.13. The number of nitrogens with one attached hydrogen (secondary N) is 1. The average molecular weight is 330 g/mol. The molecule has 2 aromatic rings. The van der Waals surface area contributed by atoms with Crippen LogP contribution in [0.3, 0.4) is 0 Å². The molecule has 2 fully saturated rings. The predicted octanol–water partition coefficient (Wildman–Crippen LogP) is 4.03. The third-order valence-electron chi connectivity index (χ3n) is 5.60. The van der Waals surface area contributed by atoms with Crippen LogP contribution in [0.5, 0.6) is 5.75 Å². The number of likely N-dealkylation sites (tertiary alicyclic amines) is 1. The highest BCUT2D eigenvalue weighted by atomic mass is 32.2. The van der Waals surface area contributed by atoms with Gasteiger partial charge in [0.1, 0.15) is 5.75 Å². The Kier molecular flexibility index (Phi) is 4.29. The first-order chi connectivity index (χ1) is 11.3. The quantitative estimate of drug-likeness (QED) is 0.917. The van der Waals surface area contributed by atoms with Gasteiger partial charge in [0, 0.05) is 34.3 Å². The standard InChI is InChI=1S/C19H26N2OS/c1-21-8-3-4-14(21)10-17-16-11-15(22-2)5-6-18(16)20-19(17)13-7-9-23-12-13/h5-6,11,13-14,20H,3-4,7-10,12H2,1-2H3/t13?,14-/m1/s1. The molecule has 1 unspecified atom stereocenters. The van der Waals surface area contributed by atoms with Gasteiger partial charge in [0.15, 0.2) is 0 Å². The van der Waals surface area contributed by atoms with Crippen LogP contribution in [-0.4, -0.2) is 48.1 Å². The van der Waals surface area contributed by atoms with Gasteiger partial charge < -0.3 is 14.6 Å². The summed E-state index contributed by atoms with van der Waals surface area (Å²) in [7, 11) is 4.03. The van der Waals surface area contributed by atoms with E-state index in [0.29, 0.717) is 12.0 Å². The topological polar surface area (TPSA) is 28.3 Å². The van der Waals surface area contributed by atoms with Gasteiger partial charge in [-0.25, -0.2) is 0 Å². The van der Waals surface area contributed by atoms with Crippen LogP contribution in [0.25, 0.3) is 10.9 Å². The average Bonchev–Trinajstić information content (AvgIpc) is 3.29. The highest BCUT2D eigenvalue weighted by molar-refractivity contribution is 7.99. The number of nitrogens with zero attached hydrogens (tertiary/aromatic N) is 1. The van der Waals surface area contributed by atoms with E-state index in [1.165, 1.54) is 60.3 Å². The maximum absolute atomic E-state index is 5.47. The molecular formula is C19H26N2OS. The summed E-state index contributed by atoms with van der Waals surface area (Å²) in [4.78, 5) is 6.29. The largest absolute Gasteiger partial charge is 0.497 e. The summed E-state index contributed by atoms with van der Waals surface area (Å²) in [6.45, 7) is 1.24. The van der Waals surface area contributed by atoms with E-state index in [1.54, 1.807) is 12.7 Å². The highest BCUT2D eigenvalue weighted by Gasteiger charge is 2.28. The van der Waals surface area contributed by atoms with Crippen LogP contribution >= 0.6 is 11.8 Å². The molecule has 4 rings (SSSR count). The zero-order valence-corrected chi connectivity index (χ0v) is 14.9. The Bertz CT molecular complexity index is 690. The molecule has 124 valence electrons. The molecule has 2 saturated heterocycles. The van der Waals surface area contributed by atoms with Crippen LogP contribution in [0.2, 0.25) is 0 Å². The van der Waals surface area contributed by atoms with Crippen molar-refractivity contribution in [3.63, 3.8) is 0 Å². The number of thioether (sulfide) groups is 1. The second kappa shape index (κ2) is 6.40. The second-order valence-electron chi connectivity index (χ2n) is 6.97. The van der Waals surface area contributed by atoms with Crippen LogP contribution in [-0.2, 0) is 6.42 Å². The van der Waals surface area contributed by atoms with E-state index in [9.17, 15) is 0 Å². The zero-order chi connectivity index (χ0) is 15.8. The Morgan fingerprint density at radius 1 is 1.35 bits per heavy atom. The summed E-state index contributed by atoms with van der Waals surface area (Å²) >= 11 is 2.09. The van der Waals surface area contributed by atoms with E-state index in [1.807, 2.05) is 0 Å². The molecule has 23 heavy (non-hydrogen) atoms. The van der Waals surface area contributed by atoms with Gasteiger partial charge in [-0.1, -0.05) is 0 Å². The fourth-order valence-corrected chi connectivity index (χ4v) is 5.41. The van der Waals surface area contributed by atoms with Crippen molar-refractivity contribution >= 4 is 22.7 Å². The maximum atomic E-state index is 5.47. The Labute approximate surface area is 142 Å². The maximum Gasteiger partial charge on any atom is 0.119 e. The molecule has 3 nitrogen and oxygen atoms in total. The van der Waals surface area contributed by atoms with Crippen molar-refractivity contribution in [1.82, 2.24) is 9.88 Å². The molecular weight excluding hydrogens is 304 g/mol. The lowest BCUT2D eigenvalue weighted by Crippen LogP contribution is -2.27. The van der Waals surface area contributed by atoms with Gasteiger partial charge in [0.25, 0.3) is 0 Å². The van der Waals surface area contributed by atoms with Gasteiger partial charge in [-0.3, -0.25) is 0 Å². The summed E-state index contributed by atoms with van der Waals surface area (Å²) in [5.74, 6) is 4.22. The first-order valence-corrected chi connectivity index (χ1v) is 9.88. The monoisotopic (exact) mass is 330 g/mol. The molecule has 2 atom stereocenters. The molecule has 4 heteroatoms. The molecule has 0 aliphatic carbocycles. The number of hydrogen-bond acceptors (Lipinski definition) is 3. The number of likely N-dealkylation sites (N-methyl/N-ethyl adjacent to an activating group) is 1. The number of ether oxygens (including phenoxy) is 1. The van der Waals surface area contributed by atoms with Crippen LogP contribution in [0.1, 0.15) is 36.4 Å². The van der Waals surface area contributed by atoms with E-state index in [0.717, 1.165) is 5.75 Å². The number of aromatic nitrogens is 1. The third kappa shape index (κ3) is 2.87. The highest BCUT2D eigenvalue weighted by Crippen LogP contribution is 2.38. The van der Waals surface area contributed by atoms with Crippen molar-refractivity contribution in [3.05, 3.63) is 29.5 Å². The zero-order valence-electron chi connectivity index (χ0n) is 14.1. The van der Waals surface area contributed by atoms with Gasteiger partial charge in [-0.05, 0) is 68.8 Å². The van der Waals surface area contributed by atoms with Crippen LogP contribution < -0.4 is 4.74 Å². The van der Waals surface area contributed by atoms with E-state index >= 15 is 0 Å². The Morgan fingerprint density at radius 2 is 2.26 bits per heavy atom. The van der Waals surface area contributed by atoms with Gasteiger partial charge in [-0.2, -0.15) is 11.8 Å². The van der Waals surface area contributed by atoms with Gasteiger partial charge >= 0.3 is 0 Å². The van der Waals surface area contributed by atoms with Gasteiger partial charge in [0.05, 0.1) is 7.11 Å². The minimum Gasteiger partial charge on any atom is -0.497 e. The summed E-state index contributed by atoms with van der Waals surface area (Å²) in [5, 5.41) is 1.37. The normalized spacial score (nSPS) is 25.5. The Balaban J connectivity index is 1.77. The molecule has 2 aliphatic heterocycles. The molecule has 2 aliphatic rings. The number of methoxy groups -OCH3 is 1. The smallest absolute Gasteiger partial charge is 0.119 e. The Hall–Kier alpha value is -1.13. The Morgan fingerprint density at radius 3 is 2.96 bits per heavy atom. The van der Waals surface area contributed by atoms with E-state index in [-0.39, 0.29) is 0 Å². The SMILES string of the molecule is COc1ccc2[nH]c(C3CCSC3)c(C[C@H]3CCCN3C)c2c1. The van der Waals surface area contributed by atoms with Crippen molar-refractivity contribution in [1.29, 1.82) is 0 Å². The molecule has 3 heterocycles. The molecule has 0 saturated carbocycles. The van der Waals surface area contributed by atoms with Crippen LogP contribution in [0.4, 0.5) is 0 Å². The molecule has 0 radical (unpaired) electrons. The molecule has 1 aromatic carbocycles. The molecule has 0 spiro atoms. The lowest BCUT2D eigenvalue weighted by atomic mass is 9.94. The lowest BCUT2D eigenvalue weighted by Gasteiger charge is -2.21. The second-order valence-corrected chi connectivity index (χ2v) is 8.12. The van der Waals surface area contributed by atoms with Gasteiger partial charge in [0.2, 0.25) is 0 Å². The molecule has 0 amide bonds. The fourth-order valence-electron chi connectivity index (χ4n) is 4.18. The van der Waals surface area contributed by atoms with E-state index in [4.69, 9.17) is 4.74 Å². The first kappa shape index (κ1) is 15.4. The summed E-state index contributed by atoms with van der Waals surface area (Å²) < 4.78 is 5.47. The number of rotatable bonds is 4. The number of aromatic amines is 1. The van der Waals surface area contributed by atoms with Crippen LogP contribution in [0, 0.1) is 0 Å². The molecule has 1 aromatic heterocycles. The van der Waals surface area contributed by atoms with Crippen molar-refractivity contribution in [2.45, 2.75) is 37.6 Å². The van der Waals surface area contributed by atoms with E-state index < -0.39 is 0 Å². The van der Waals surface area contributed by atoms with Crippen molar-refractivity contribution in [3.8, 4) is 5.75 Å². The van der Waals surface area contributed by atoms with E-state index in [2.05, 4.69) is 46.9 Å². The summed E-state index contributed by atoms with van der Waals surface area (Å²) in [5.41, 5.74) is 4.32. The number of benzene rings is 1. The van der Waals surface area contributed by atoms with Crippen molar-refractivity contribution in [2.24, 2.45) is 0 Å². The first-order valence-electron chi connectivity index (χ1n) is 8.72.